The second-order valence-corrected chi connectivity index (χ2v) is 6.50. The van der Waals surface area contributed by atoms with Gasteiger partial charge in [0.1, 0.15) is 0 Å². The van der Waals surface area contributed by atoms with Gasteiger partial charge in [0.25, 0.3) is 0 Å². The van der Waals surface area contributed by atoms with Gasteiger partial charge in [0.2, 0.25) is 0 Å². The first-order valence-corrected chi connectivity index (χ1v) is 7.01. The number of aromatic carboxylic acids is 1. The van der Waals surface area contributed by atoms with Gasteiger partial charge >= 0.3 is 5.97 Å². The van der Waals surface area contributed by atoms with E-state index < -0.39 is 5.97 Å². The quantitative estimate of drug-likeness (QED) is 0.928. The van der Waals surface area contributed by atoms with Crippen molar-refractivity contribution in [3.63, 3.8) is 0 Å². The maximum absolute atomic E-state index is 10.9. The first kappa shape index (κ1) is 13.7. The van der Waals surface area contributed by atoms with Crippen molar-refractivity contribution in [3.05, 3.63) is 51.5 Å². The molecule has 0 fully saturated rings. The number of carbonyl (C=O) groups is 1. The summed E-state index contributed by atoms with van der Waals surface area (Å²) in [6.45, 7) is 6.41. The van der Waals surface area contributed by atoms with Gasteiger partial charge in [-0.2, -0.15) is 0 Å². The summed E-state index contributed by atoms with van der Waals surface area (Å²) < 4.78 is 0. The van der Waals surface area contributed by atoms with Crippen molar-refractivity contribution in [2.24, 2.45) is 0 Å². The molecule has 4 heteroatoms. The predicted molar refractivity (Wildman–Crippen MR) is 77.0 cm³/mol. The second kappa shape index (κ2) is 5.13. The van der Waals surface area contributed by atoms with Crippen LogP contribution in [0.4, 0.5) is 0 Å². The molecular formula is C15H17NO2S. The third-order valence-electron chi connectivity index (χ3n) is 2.85. The number of carboxylic acid groups (broad SMARTS) is 1. The first-order chi connectivity index (χ1) is 8.86. The van der Waals surface area contributed by atoms with Crippen LogP contribution < -0.4 is 0 Å². The van der Waals surface area contributed by atoms with E-state index >= 15 is 0 Å². The topological polar surface area (TPSA) is 50.2 Å². The van der Waals surface area contributed by atoms with Crippen molar-refractivity contribution < 1.29 is 9.90 Å². The van der Waals surface area contributed by atoms with E-state index in [2.05, 4.69) is 31.1 Å². The predicted octanol–water partition coefficient (Wildman–Crippen LogP) is 3.73. The molecule has 0 saturated heterocycles. The molecular weight excluding hydrogens is 258 g/mol. The third-order valence-corrected chi connectivity index (χ3v) is 3.70. The van der Waals surface area contributed by atoms with Crippen LogP contribution in [0.1, 0.15) is 47.4 Å². The average molecular weight is 275 g/mol. The normalized spacial score (nSPS) is 11.5. The molecule has 0 amide bonds. The largest absolute Gasteiger partial charge is 0.478 e. The van der Waals surface area contributed by atoms with Crippen LogP contribution in [-0.2, 0) is 11.8 Å². The Kier molecular flexibility index (Phi) is 3.71. The Labute approximate surface area is 116 Å². The zero-order chi connectivity index (χ0) is 14.0. The van der Waals surface area contributed by atoms with E-state index in [0.717, 1.165) is 16.3 Å². The summed E-state index contributed by atoms with van der Waals surface area (Å²) >= 11 is 1.63. The number of aromatic nitrogens is 1. The Bertz CT molecular complexity index is 596. The molecule has 0 unspecified atom stereocenters. The Hall–Kier alpha value is -1.68. The molecule has 1 heterocycles. The summed E-state index contributed by atoms with van der Waals surface area (Å²) in [7, 11) is 0. The summed E-state index contributed by atoms with van der Waals surface area (Å²) in [5.74, 6) is -0.892. The SMILES string of the molecule is CC(C)(C)c1csc(Cc2cccc(C(=O)O)c2)n1. The van der Waals surface area contributed by atoms with Crippen molar-refractivity contribution in [1.29, 1.82) is 0 Å². The van der Waals surface area contributed by atoms with Gasteiger partial charge in [0.15, 0.2) is 0 Å². The van der Waals surface area contributed by atoms with Crippen molar-refractivity contribution in [3.8, 4) is 0 Å². The van der Waals surface area contributed by atoms with Gasteiger partial charge < -0.3 is 5.11 Å². The Morgan fingerprint density at radius 1 is 1.37 bits per heavy atom. The lowest BCUT2D eigenvalue weighted by Gasteiger charge is -2.14. The maximum Gasteiger partial charge on any atom is 0.335 e. The van der Waals surface area contributed by atoms with Crippen LogP contribution in [0.3, 0.4) is 0 Å². The van der Waals surface area contributed by atoms with Crippen LogP contribution in [0.2, 0.25) is 0 Å². The summed E-state index contributed by atoms with van der Waals surface area (Å²) in [6.07, 6.45) is 0.682. The number of hydrogen-bond acceptors (Lipinski definition) is 3. The van der Waals surface area contributed by atoms with E-state index in [1.54, 1.807) is 29.5 Å². The van der Waals surface area contributed by atoms with E-state index in [9.17, 15) is 4.79 Å². The van der Waals surface area contributed by atoms with Crippen molar-refractivity contribution >= 4 is 17.3 Å². The van der Waals surface area contributed by atoms with Gasteiger partial charge in [0.05, 0.1) is 16.3 Å². The molecule has 0 aliphatic carbocycles. The van der Waals surface area contributed by atoms with Crippen molar-refractivity contribution in [2.45, 2.75) is 32.6 Å². The molecule has 3 nitrogen and oxygen atoms in total. The van der Waals surface area contributed by atoms with Gasteiger partial charge in [-0.15, -0.1) is 11.3 Å². The summed E-state index contributed by atoms with van der Waals surface area (Å²) in [5.41, 5.74) is 2.44. The summed E-state index contributed by atoms with van der Waals surface area (Å²) in [4.78, 5) is 15.6. The highest BCUT2D eigenvalue weighted by Crippen LogP contribution is 2.25. The summed E-state index contributed by atoms with van der Waals surface area (Å²) in [5, 5.41) is 12.1. The summed E-state index contributed by atoms with van der Waals surface area (Å²) in [6, 6.07) is 7.02. The molecule has 1 aromatic carbocycles. The molecule has 2 aromatic rings. The number of nitrogens with zero attached hydrogens (tertiary/aromatic N) is 1. The first-order valence-electron chi connectivity index (χ1n) is 6.13. The van der Waals surface area contributed by atoms with Crippen molar-refractivity contribution in [1.82, 2.24) is 4.98 Å². The molecule has 0 bridgehead atoms. The number of rotatable bonds is 3. The van der Waals surface area contributed by atoms with E-state index in [1.807, 2.05) is 6.07 Å². The Morgan fingerprint density at radius 2 is 2.11 bits per heavy atom. The average Bonchev–Trinajstić information content (AvgIpc) is 2.77. The zero-order valence-electron chi connectivity index (χ0n) is 11.3. The van der Waals surface area contributed by atoms with Crippen LogP contribution in [0, 0.1) is 0 Å². The Balaban J connectivity index is 2.19. The minimum atomic E-state index is -0.892. The molecule has 0 atom stereocenters. The lowest BCUT2D eigenvalue weighted by Crippen LogP contribution is -2.11. The molecule has 1 N–H and O–H groups in total. The minimum Gasteiger partial charge on any atom is -0.478 e. The van der Waals surface area contributed by atoms with Crippen LogP contribution in [0.25, 0.3) is 0 Å². The molecule has 0 spiro atoms. The standard InChI is InChI=1S/C15H17NO2S/c1-15(2,3)12-9-19-13(16-12)8-10-5-4-6-11(7-10)14(17)18/h4-7,9H,8H2,1-3H3,(H,17,18). The van der Waals surface area contributed by atoms with Crippen LogP contribution in [-0.4, -0.2) is 16.1 Å². The number of benzene rings is 1. The van der Waals surface area contributed by atoms with Gasteiger partial charge in [-0.3, -0.25) is 0 Å². The van der Waals surface area contributed by atoms with Crippen LogP contribution in [0.5, 0.6) is 0 Å². The monoisotopic (exact) mass is 275 g/mol. The maximum atomic E-state index is 10.9. The molecule has 0 saturated carbocycles. The third kappa shape index (κ3) is 3.41. The molecule has 1 aromatic heterocycles. The molecule has 100 valence electrons. The van der Waals surface area contributed by atoms with E-state index in [1.165, 1.54) is 0 Å². The second-order valence-electron chi connectivity index (χ2n) is 5.56. The highest BCUT2D eigenvalue weighted by atomic mass is 32.1. The zero-order valence-corrected chi connectivity index (χ0v) is 12.1. The van der Waals surface area contributed by atoms with Gasteiger partial charge in [-0.1, -0.05) is 32.9 Å². The molecule has 0 aliphatic heterocycles. The van der Waals surface area contributed by atoms with E-state index in [4.69, 9.17) is 5.11 Å². The smallest absolute Gasteiger partial charge is 0.335 e. The molecule has 2 rings (SSSR count). The molecule has 0 radical (unpaired) electrons. The number of thiazole rings is 1. The fourth-order valence-electron chi connectivity index (χ4n) is 1.73. The van der Waals surface area contributed by atoms with Crippen LogP contribution in [0.15, 0.2) is 29.6 Å². The lowest BCUT2D eigenvalue weighted by molar-refractivity contribution is 0.0697. The van der Waals surface area contributed by atoms with E-state index in [-0.39, 0.29) is 5.41 Å². The fraction of sp³-hybridized carbons (Fsp3) is 0.333. The minimum absolute atomic E-state index is 0.0532. The number of hydrogen-bond donors (Lipinski definition) is 1. The van der Waals surface area contributed by atoms with Gasteiger partial charge in [0, 0.05) is 17.2 Å². The fourth-order valence-corrected chi connectivity index (χ4v) is 2.78. The lowest BCUT2D eigenvalue weighted by atomic mass is 9.93. The Morgan fingerprint density at radius 3 is 2.68 bits per heavy atom. The molecule has 0 aliphatic rings. The van der Waals surface area contributed by atoms with Gasteiger partial charge in [-0.05, 0) is 17.7 Å². The molecule has 19 heavy (non-hydrogen) atoms. The van der Waals surface area contributed by atoms with Crippen molar-refractivity contribution in [2.75, 3.05) is 0 Å². The van der Waals surface area contributed by atoms with Crippen LogP contribution >= 0.6 is 11.3 Å². The highest BCUT2D eigenvalue weighted by molar-refractivity contribution is 7.09. The number of carboxylic acids is 1. The van der Waals surface area contributed by atoms with Gasteiger partial charge in [-0.25, -0.2) is 9.78 Å². The highest BCUT2D eigenvalue weighted by Gasteiger charge is 2.17. The van der Waals surface area contributed by atoms with E-state index in [0.29, 0.717) is 12.0 Å².